The third-order valence-electron chi connectivity index (χ3n) is 5.82. The molecule has 1 fully saturated rings. The van der Waals surface area contributed by atoms with E-state index in [0.29, 0.717) is 37.4 Å². The Morgan fingerprint density at radius 2 is 1.84 bits per heavy atom. The van der Waals surface area contributed by atoms with Gasteiger partial charge < -0.3 is 9.47 Å². The van der Waals surface area contributed by atoms with E-state index in [1.165, 1.54) is 11.8 Å². The van der Waals surface area contributed by atoms with E-state index in [4.69, 9.17) is 27.0 Å². The summed E-state index contributed by atoms with van der Waals surface area (Å²) in [7, 11) is 1.57. The molecule has 0 radical (unpaired) electrons. The summed E-state index contributed by atoms with van der Waals surface area (Å²) in [4.78, 5) is 15.6. The zero-order valence-electron chi connectivity index (χ0n) is 19.6. The van der Waals surface area contributed by atoms with Gasteiger partial charge in [-0.1, -0.05) is 72.5 Å². The van der Waals surface area contributed by atoms with Crippen molar-refractivity contribution < 1.29 is 14.3 Å². The zero-order valence-corrected chi connectivity index (χ0v) is 22.8. The third-order valence-corrected chi connectivity index (χ3v) is 7.71. The molecule has 0 atom stereocenters. The first-order valence-corrected chi connectivity index (χ1v) is 13.3. The maximum atomic E-state index is 13.4. The number of anilines is 1. The molecular weight excluding hydrogens is 568 g/mol. The summed E-state index contributed by atoms with van der Waals surface area (Å²) in [5.41, 5.74) is 3.06. The number of thiocarbonyl (C=S) groups is 1. The summed E-state index contributed by atoms with van der Waals surface area (Å²) in [6, 6.07) is 26.8. The summed E-state index contributed by atoms with van der Waals surface area (Å²) >= 11 is 10.5. The van der Waals surface area contributed by atoms with Crippen LogP contribution in [0.2, 0.25) is 0 Å². The predicted molar refractivity (Wildman–Crippen MR) is 156 cm³/mol. The molecule has 0 saturated carbocycles. The lowest BCUT2D eigenvalue weighted by molar-refractivity contribution is -0.113. The summed E-state index contributed by atoms with van der Waals surface area (Å²) < 4.78 is 12.8. The Labute approximate surface area is 232 Å². The molecule has 1 aliphatic heterocycles. The van der Waals surface area contributed by atoms with E-state index in [9.17, 15) is 4.79 Å². The molecule has 0 N–H and O–H groups in total. The van der Waals surface area contributed by atoms with E-state index < -0.39 is 0 Å². The first-order valence-electron chi connectivity index (χ1n) is 11.2. The number of carbonyl (C=O) groups is 1. The van der Waals surface area contributed by atoms with Crippen LogP contribution in [0.5, 0.6) is 11.5 Å². The Kier molecular flexibility index (Phi) is 7.28. The monoisotopic (exact) mass is 586 g/mol. The molecule has 0 bridgehead atoms. The van der Waals surface area contributed by atoms with Crippen molar-refractivity contribution in [1.29, 1.82) is 5.26 Å². The minimum absolute atomic E-state index is 0.164. The molecule has 37 heavy (non-hydrogen) atoms. The van der Waals surface area contributed by atoms with Gasteiger partial charge in [0.25, 0.3) is 5.91 Å². The highest BCUT2D eigenvalue weighted by Crippen LogP contribution is 2.41. The minimum atomic E-state index is -0.164. The largest absolute Gasteiger partial charge is 0.493 e. The van der Waals surface area contributed by atoms with Gasteiger partial charge in [0.05, 0.1) is 33.8 Å². The number of halogens is 1. The molecule has 8 heteroatoms. The number of carbonyl (C=O) groups excluding carboxylic acids is 1. The Morgan fingerprint density at radius 1 is 1.08 bits per heavy atom. The van der Waals surface area contributed by atoms with Crippen molar-refractivity contribution in [2.75, 3.05) is 12.0 Å². The lowest BCUT2D eigenvalue weighted by Crippen LogP contribution is -2.27. The fraction of sp³-hybridized carbons (Fsp3) is 0.0690. The Bertz CT molecular complexity index is 1610. The molecule has 0 aliphatic carbocycles. The number of benzene rings is 4. The molecule has 1 heterocycles. The maximum Gasteiger partial charge on any atom is 0.270 e. The fourth-order valence-corrected chi connectivity index (χ4v) is 5.88. The molecule has 5 rings (SSSR count). The number of nitriles is 1. The number of hydrogen-bond donors (Lipinski definition) is 0. The van der Waals surface area contributed by atoms with Crippen LogP contribution < -0.4 is 14.4 Å². The summed E-state index contributed by atoms with van der Waals surface area (Å²) in [5, 5.41) is 11.0. The van der Waals surface area contributed by atoms with Crippen molar-refractivity contribution in [1.82, 2.24) is 0 Å². The van der Waals surface area contributed by atoms with Gasteiger partial charge in [-0.3, -0.25) is 9.69 Å². The maximum absolute atomic E-state index is 13.4. The number of fused-ring (bicyclic) bond motifs is 1. The van der Waals surface area contributed by atoms with Gasteiger partial charge in [0.15, 0.2) is 15.8 Å². The normalized spacial score (nSPS) is 14.3. The van der Waals surface area contributed by atoms with Crippen LogP contribution in [0.25, 0.3) is 16.8 Å². The van der Waals surface area contributed by atoms with Crippen LogP contribution in [-0.4, -0.2) is 17.3 Å². The van der Waals surface area contributed by atoms with Crippen molar-refractivity contribution in [2.24, 2.45) is 0 Å². The fourth-order valence-electron chi connectivity index (χ4n) is 4.02. The first kappa shape index (κ1) is 25.0. The molecule has 1 aliphatic rings. The molecule has 182 valence electrons. The van der Waals surface area contributed by atoms with Gasteiger partial charge in [0.2, 0.25) is 0 Å². The van der Waals surface area contributed by atoms with Crippen LogP contribution in [-0.2, 0) is 11.4 Å². The highest BCUT2D eigenvalue weighted by molar-refractivity contribution is 9.10. The van der Waals surface area contributed by atoms with Crippen molar-refractivity contribution in [3.8, 4) is 17.6 Å². The number of hydrogen-bond acceptors (Lipinski definition) is 6. The number of thioether (sulfide) groups is 1. The second-order valence-electron chi connectivity index (χ2n) is 8.15. The molecule has 4 aromatic carbocycles. The molecule has 0 spiro atoms. The molecular formula is C29H19BrN2O3S2. The van der Waals surface area contributed by atoms with Crippen molar-refractivity contribution >= 4 is 72.7 Å². The molecule has 1 saturated heterocycles. The predicted octanol–water partition coefficient (Wildman–Crippen LogP) is 7.47. The standard InChI is InChI=1S/C29H19BrN2O3S2/c1-34-25-14-20(13-23(30)27(25)35-17-19-11-9-18(16-31)10-12-19)15-26-28(33)32(29(36)37-26)24-8-4-6-21-5-2-3-7-22(21)24/h2-15H,17H2,1H3/b26-15-. The van der Waals surface area contributed by atoms with E-state index in [2.05, 4.69) is 22.0 Å². The third kappa shape index (κ3) is 5.12. The summed E-state index contributed by atoms with van der Waals surface area (Å²) in [6.07, 6.45) is 1.81. The number of methoxy groups -OCH3 is 1. The van der Waals surface area contributed by atoms with Crippen LogP contribution in [0.1, 0.15) is 16.7 Å². The van der Waals surface area contributed by atoms with Crippen molar-refractivity contribution in [3.05, 3.63) is 105 Å². The van der Waals surface area contributed by atoms with E-state index >= 15 is 0 Å². The Morgan fingerprint density at radius 3 is 2.59 bits per heavy atom. The van der Waals surface area contributed by atoms with Gasteiger partial charge >= 0.3 is 0 Å². The zero-order chi connectivity index (χ0) is 25.9. The van der Waals surface area contributed by atoms with Gasteiger partial charge in [0, 0.05) is 5.39 Å². The summed E-state index contributed by atoms with van der Waals surface area (Å²) in [6.45, 7) is 0.309. The second-order valence-corrected chi connectivity index (χ2v) is 10.7. The van der Waals surface area contributed by atoms with E-state index in [-0.39, 0.29) is 5.91 Å². The number of amides is 1. The van der Waals surface area contributed by atoms with Crippen LogP contribution in [0.4, 0.5) is 5.69 Å². The van der Waals surface area contributed by atoms with E-state index in [1.54, 1.807) is 24.1 Å². The van der Waals surface area contributed by atoms with Crippen LogP contribution in [0, 0.1) is 11.3 Å². The number of nitrogens with zero attached hydrogens (tertiary/aromatic N) is 2. The molecule has 0 aromatic heterocycles. The highest BCUT2D eigenvalue weighted by Gasteiger charge is 2.34. The highest BCUT2D eigenvalue weighted by atomic mass is 79.9. The lowest BCUT2D eigenvalue weighted by atomic mass is 10.1. The van der Waals surface area contributed by atoms with Crippen molar-refractivity contribution in [2.45, 2.75) is 6.61 Å². The van der Waals surface area contributed by atoms with E-state index in [0.717, 1.165) is 27.6 Å². The Balaban J connectivity index is 1.41. The van der Waals surface area contributed by atoms with Gasteiger partial charge in [0.1, 0.15) is 6.61 Å². The first-order chi connectivity index (χ1) is 18.0. The molecule has 5 nitrogen and oxygen atoms in total. The minimum Gasteiger partial charge on any atom is -0.493 e. The van der Waals surface area contributed by atoms with Gasteiger partial charge in [-0.05, 0) is 68.9 Å². The van der Waals surface area contributed by atoms with Gasteiger partial charge in [-0.2, -0.15) is 5.26 Å². The SMILES string of the molecule is COc1cc(/C=C2\SC(=S)N(c3cccc4ccccc34)C2=O)cc(Br)c1OCc1ccc(C#N)cc1. The van der Waals surface area contributed by atoms with Crippen LogP contribution >= 0.6 is 39.9 Å². The van der Waals surface area contributed by atoms with Gasteiger partial charge in [-0.15, -0.1) is 0 Å². The molecule has 4 aromatic rings. The Hall–Kier alpha value is -3.64. The average Bonchev–Trinajstić information content (AvgIpc) is 3.19. The topological polar surface area (TPSA) is 62.6 Å². The quantitative estimate of drug-likeness (QED) is 0.172. The summed E-state index contributed by atoms with van der Waals surface area (Å²) in [5.74, 6) is 0.911. The van der Waals surface area contributed by atoms with Crippen LogP contribution in [0.15, 0.2) is 88.2 Å². The van der Waals surface area contributed by atoms with E-state index in [1.807, 2.05) is 72.8 Å². The second kappa shape index (κ2) is 10.8. The number of rotatable bonds is 6. The average molecular weight is 588 g/mol. The smallest absolute Gasteiger partial charge is 0.270 e. The van der Waals surface area contributed by atoms with Crippen molar-refractivity contribution in [3.63, 3.8) is 0 Å². The molecule has 1 amide bonds. The van der Waals surface area contributed by atoms with Crippen LogP contribution in [0.3, 0.4) is 0 Å². The van der Waals surface area contributed by atoms with Gasteiger partial charge in [-0.25, -0.2) is 0 Å². The molecule has 0 unspecified atom stereocenters. The number of ether oxygens (including phenoxy) is 2. The lowest BCUT2D eigenvalue weighted by Gasteiger charge is -2.17.